The minimum Gasteiger partial charge on any atom is -0.395 e. The number of nitrogens with zero attached hydrogens (tertiary/aromatic N) is 2. The minimum atomic E-state index is -3.67. The second-order valence-electron chi connectivity index (χ2n) is 9.64. The second kappa shape index (κ2) is 10.1. The number of anilines is 1. The molecule has 2 aliphatic rings. The Morgan fingerprint density at radius 1 is 1.00 bits per heavy atom. The van der Waals surface area contributed by atoms with Gasteiger partial charge in [-0.2, -0.15) is 4.31 Å². The zero-order valence-electron chi connectivity index (χ0n) is 20.1. The highest BCUT2D eigenvalue weighted by molar-refractivity contribution is 7.89. The van der Waals surface area contributed by atoms with Gasteiger partial charge < -0.3 is 10.4 Å². The van der Waals surface area contributed by atoms with Gasteiger partial charge in [-0.15, -0.1) is 0 Å². The molecule has 194 valence electrons. The van der Waals surface area contributed by atoms with E-state index in [0.29, 0.717) is 24.5 Å². The maximum atomic E-state index is 13.5. The molecule has 2 fully saturated rings. The average molecular weight is 512 g/mol. The quantitative estimate of drug-likeness (QED) is 0.461. The number of carbonyl (C=O) groups excluding carboxylic acids is 1. The van der Waals surface area contributed by atoms with Crippen LogP contribution < -0.4 is 5.32 Å². The first-order valence-electron chi connectivity index (χ1n) is 12.5. The summed E-state index contributed by atoms with van der Waals surface area (Å²) in [4.78, 5) is 18.3. The molecule has 1 saturated carbocycles. The number of hydrogen-bond donors (Lipinski definition) is 2. The van der Waals surface area contributed by atoms with Gasteiger partial charge in [-0.25, -0.2) is 13.4 Å². The molecule has 7 nitrogen and oxygen atoms in total. The summed E-state index contributed by atoms with van der Waals surface area (Å²) in [6.07, 6.45) is 5.07. The highest BCUT2D eigenvalue weighted by atomic mass is 32.2. The summed E-state index contributed by atoms with van der Waals surface area (Å²) in [6.45, 7) is 0.244. The van der Waals surface area contributed by atoms with E-state index in [2.05, 4.69) is 10.3 Å². The Kier molecular flexibility index (Phi) is 6.92. The zero-order chi connectivity index (χ0) is 25.2. The lowest BCUT2D eigenvalue weighted by Crippen LogP contribution is -2.38. The summed E-state index contributed by atoms with van der Waals surface area (Å²) >= 11 is 0. The maximum Gasteiger partial charge on any atom is 0.243 e. The van der Waals surface area contributed by atoms with Crippen molar-refractivity contribution in [3.63, 3.8) is 0 Å². The monoisotopic (exact) mass is 511 g/mol. The molecule has 1 saturated heterocycles. The lowest BCUT2D eigenvalue weighted by molar-refractivity contribution is -0.121. The van der Waals surface area contributed by atoms with E-state index in [4.69, 9.17) is 0 Å². The van der Waals surface area contributed by atoms with Crippen LogP contribution in [0.4, 0.5) is 5.82 Å². The summed E-state index contributed by atoms with van der Waals surface area (Å²) in [6, 6.07) is 21.6. The molecule has 1 aliphatic carbocycles. The van der Waals surface area contributed by atoms with Crippen molar-refractivity contribution >= 4 is 21.7 Å². The van der Waals surface area contributed by atoms with E-state index in [1.54, 1.807) is 30.3 Å². The van der Waals surface area contributed by atoms with E-state index in [1.807, 2.05) is 42.5 Å². The Bertz CT molecular complexity index is 1340. The third kappa shape index (κ3) is 4.56. The fraction of sp³-hybridized carbons (Fsp3) is 0.357. The molecule has 5 rings (SSSR count). The van der Waals surface area contributed by atoms with Crippen LogP contribution in [0.3, 0.4) is 0 Å². The molecule has 2 aromatic carbocycles. The summed E-state index contributed by atoms with van der Waals surface area (Å²) < 4.78 is 27.5. The van der Waals surface area contributed by atoms with Crippen molar-refractivity contribution in [2.24, 2.45) is 0 Å². The molecule has 36 heavy (non-hydrogen) atoms. The van der Waals surface area contributed by atoms with Gasteiger partial charge in [0.1, 0.15) is 5.82 Å². The lowest BCUT2D eigenvalue weighted by atomic mass is 9.78. The Labute approximate surface area is 216 Å². The fourth-order valence-electron chi connectivity index (χ4n) is 5.52. The van der Waals surface area contributed by atoms with Gasteiger partial charge >= 0.3 is 0 Å². The second-order valence-corrected chi connectivity index (χ2v) is 11.5. The average Bonchev–Trinajstić information content (AvgIpc) is 3.61. The molecule has 0 radical (unpaired) electrons. The standard InChI is InChI=1S/C28H31N3O4S.3H2/c32-20-23-10-7-19-31(23)36(34,35)24-15-13-21(14-16-24)25-11-6-12-26(29-25)30-27(33)28(17-4-5-18-28)22-8-2-1-3-9-22;;;/h1-3,6,8-9,11-16,23,32H,4-5,7,10,17-20H2,(H,29,30,33);3*1H/t23-;;;/m1.../s1. The number of sulfonamides is 1. The van der Waals surface area contributed by atoms with E-state index >= 15 is 0 Å². The molecule has 3 aromatic rings. The van der Waals surface area contributed by atoms with Crippen LogP contribution in [0, 0.1) is 0 Å². The van der Waals surface area contributed by atoms with E-state index in [-0.39, 0.29) is 27.7 Å². The molecule has 1 amide bonds. The van der Waals surface area contributed by atoms with E-state index in [0.717, 1.165) is 43.2 Å². The third-order valence-electron chi connectivity index (χ3n) is 7.50. The van der Waals surface area contributed by atoms with Gasteiger partial charge in [0, 0.05) is 22.4 Å². The lowest BCUT2D eigenvalue weighted by Gasteiger charge is -2.28. The van der Waals surface area contributed by atoms with Crippen molar-refractivity contribution in [3.05, 3.63) is 78.4 Å². The molecular formula is C28H37N3O4S. The summed E-state index contributed by atoms with van der Waals surface area (Å²) in [5.74, 6) is 0.431. The van der Waals surface area contributed by atoms with Gasteiger partial charge in [0.2, 0.25) is 15.9 Å². The molecule has 0 bridgehead atoms. The van der Waals surface area contributed by atoms with E-state index in [9.17, 15) is 18.3 Å². The SMILES string of the molecule is O=C(Nc1cccc(-c2ccc(S(=O)(=O)N3CCC[C@@H]3CO)cc2)n1)C1(c2ccccc2)CCCC1.[HH].[HH].[HH]. The number of aromatic nitrogens is 1. The number of carbonyl (C=O) groups is 1. The first-order valence-corrected chi connectivity index (χ1v) is 14.0. The summed E-state index contributed by atoms with van der Waals surface area (Å²) in [5, 5.41) is 12.6. The van der Waals surface area contributed by atoms with E-state index in [1.165, 1.54) is 4.31 Å². The van der Waals surface area contributed by atoms with Crippen molar-refractivity contribution in [2.45, 2.75) is 54.9 Å². The van der Waals surface area contributed by atoms with Crippen LogP contribution in [0.25, 0.3) is 11.3 Å². The largest absolute Gasteiger partial charge is 0.395 e. The van der Waals surface area contributed by atoms with Crippen LogP contribution in [0.15, 0.2) is 77.7 Å². The highest BCUT2D eigenvalue weighted by Gasteiger charge is 2.42. The Morgan fingerprint density at radius 3 is 2.42 bits per heavy atom. The molecule has 2 heterocycles. The number of benzene rings is 2. The molecule has 1 atom stereocenters. The summed E-state index contributed by atoms with van der Waals surface area (Å²) in [7, 11) is -3.67. The maximum absolute atomic E-state index is 13.5. The Hall–Kier alpha value is -3.07. The molecule has 1 aromatic heterocycles. The van der Waals surface area contributed by atoms with Gasteiger partial charge in [0.05, 0.1) is 22.6 Å². The van der Waals surface area contributed by atoms with Gasteiger partial charge in [0.15, 0.2) is 0 Å². The number of pyridine rings is 1. The van der Waals surface area contributed by atoms with Gasteiger partial charge in [-0.1, -0.05) is 61.4 Å². The van der Waals surface area contributed by atoms with Crippen molar-refractivity contribution in [3.8, 4) is 11.3 Å². The summed E-state index contributed by atoms with van der Waals surface area (Å²) in [5.41, 5.74) is 1.89. The number of hydrogen-bond acceptors (Lipinski definition) is 5. The molecule has 1 aliphatic heterocycles. The van der Waals surface area contributed by atoms with Gasteiger partial charge in [-0.05, 0) is 55.5 Å². The van der Waals surface area contributed by atoms with Crippen molar-refractivity contribution in [1.29, 1.82) is 0 Å². The van der Waals surface area contributed by atoms with Crippen LogP contribution in [0.5, 0.6) is 0 Å². The smallest absolute Gasteiger partial charge is 0.243 e. The number of amides is 1. The molecular weight excluding hydrogens is 474 g/mol. The third-order valence-corrected chi connectivity index (χ3v) is 9.47. The molecule has 8 heteroatoms. The zero-order valence-corrected chi connectivity index (χ0v) is 21.0. The molecule has 0 spiro atoms. The molecule has 2 N–H and O–H groups in total. The predicted octanol–water partition coefficient (Wildman–Crippen LogP) is 5.08. The minimum absolute atomic E-state index is 0. The Morgan fingerprint density at radius 2 is 1.72 bits per heavy atom. The van der Waals surface area contributed by atoms with Crippen LogP contribution in [-0.4, -0.2) is 47.9 Å². The first kappa shape index (κ1) is 24.6. The van der Waals surface area contributed by atoms with Gasteiger partial charge in [0.25, 0.3) is 0 Å². The number of aliphatic hydroxyl groups is 1. The van der Waals surface area contributed by atoms with Gasteiger partial charge in [-0.3, -0.25) is 4.79 Å². The molecule has 0 unspecified atom stereocenters. The predicted molar refractivity (Wildman–Crippen MR) is 145 cm³/mol. The topological polar surface area (TPSA) is 99.6 Å². The van der Waals surface area contributed by atoms with Crippen molar-refractivity contribution in [2.75, 3.05) is 18.5 Å². The normalized spacial score (nSPS) is 19.9. The van der Waals surface area contributed by atoms with E-state index < -0.39 is 15.4 Å². The number of rotatable bonds is 7. The highest BCUT2D eigenvalue weighted by Crippen LogP contribution is 2.42. The van der Waals surface area contributed by atoms with Crippen molar-refractivity contribution < 1.29 is 22.6 Å². The van der Waals surface area contributed by atoms with Crippen LogP contribution >= 0.6 is 0 Å². The van der Waals surface area contributed by atoms with Crippen LogP contribution in [0.2, 0.25) is 0 Å². The van der Waals surface area contributed by atoms with Crippen molar-refractivity contribution in [1.82, 2.24) is 9.29 Å². The van der Waals surface area contributed by atoms with Crippen LogP contribution in [0.1, 0.15) is 48.4 Å². The number of nitrogens with one attached hydrogen (secondary N) is 1. The van der Waals surface area contributed by atoms with Crippen LogP contribution in [-0.2, 0) is 20.2 Å². The number of aliphatic hydroxyl groups excluding tert-OH is 1. The fourth-order valence-corrected chi connectivity index (χ4v) is 7.21. The first-order chi connectivity index (χ1) is 17.4. The Balaban J connectivity index is 0.00000178.